The Morgan fingerprint density at radius 1 is 0.275 bits per heavy atom. The fourth-order valence-corrected chi connectivity index (χ4v) is 3.19. The van der Waals surface area contributed by atoms with Gasteiger partial charge in [0.1, 0.15) is 0 Å². The van der Waals surface area contributed by atoms with Crippen LogP contribution in [0.3, 0.4) is 0 Å². The molecule has 3 aromatic rings. The fourth-order valence-electron chi connectivity index (χ4n) is 3.19. The molecule has 0 nitrogen and oxygen atoms in total. The molecule has 0 saturated heterocycles. The van der Waals surface area contributed by atoms with Gasteiger partial charge in [0.05, 0.1) is 0 Å². The van der Waals surface area contributed by atoms with E-state index < -0.39 is 0 Å². The molecule has 20 heteroatoms. The van der Waals surface area contributed by atoms with E-state index in [1.54, 1.807) is 0 Å². The molecule has 0 aliphatic rings. The molecule has 0 fully saturated rings. The maximum absolute atomic E-state index is 3.51. The SMILES string of the molecule is Cc1[c-]c(C)c2c(C)c3c(C)c(C)c(C)[c-]c3[c-]c2[c-]1.[Y].[Y].[Y].[Y].[Y].[Y].[Y].[Y].[Y].[Y].[Y].[Y].[Y].[Y].[Y].[Y].[Y].[Y].[Y].[Y]. The number of aryl methyl sites for hydroxylation is 5. The second kappa shape index (κ2) is 68.3. The van der Waals surface area contributed by atoms with E-state index >= 15 is 0 Å². The summed E-state index contributed by atoms with van der Waals surface area (Å²) in [6.45, 7) is 12.8. The summed E-state index contributed by atoms with van der Waals surface area (Å²) in [6.07, 6.45) is 0. The molecule has 0 heterocycles. The molecule has 20 radical (unpaired) electrons. The van der Waals surface area contributed by atoms with Gasteiger partial charge in [-0.3, -0.25) is 22.4 Å². The molecule has 162 valence electrons. The molecule has 0 amide bonds. The molecule has 0 aliphatic carbocycles. The van der Waals surface area contributed by atoms with Gasteiger partial charge in [0.25, 0.3) is 0 Å². The molecule has 0 bridgehead atoms. The maximum atomic E-state index is 3.51. The Kier molecular flexibility index (Phi) is 202. The monoisotopic (exact) mass is 2040 g/mol. The van der Waals surface area contributed by atoms with E-state index in [2.05, 4.69) is 58.9 Å². The molecule has 0 spiro atoms. The Morgan fingerprint density at radius 3 is 0.950 bits per heavy atom. The zero-order valence-electron chi connectivity index (χ0n) is 24.5. The third-order valence-electron chi connectivity index (χ3n) is 4.38. The summed E-state index contributed by atoms with van der Waals surface area (Å²) in [6, 6.07) is 13.8. The predicted octanol–water partition coefficient (Wildman–Crippen LogP) is 4.99. The van der Waals surface area contributed by atoms with Crippen LogP contribution in [0.25, 0.3) is 21.5 Å². The van der Waals surface area contributed by atoms with Gasteiger partial charge in [-0.15, -0.1) is 6.92 Å². The van der Waals surface area contributed by atoms with Crippen molar-refractivity contribution in [3.8, 4) is 0 Å². The van der Waals surface area contributed by atoms with Crippen molar-refractivity contribution in [2.24, 2.45) is 0 Å². The Hall–Kier alpha value is 20.3. The van der Waals surface area contributed by atoms with Crippen molar-refractivity contribution >= 4 is 21.5 Å². The third kappa shape index (κ3) is 41.0. The van der Waals surface area contributed by atoms with Gasteiger partial charge in [-0.25, -0.2) is 27.6 Å². The summed E-state index contributed by atoms with van der Waals surface area (Å²) in [5.41, 5.74) is 7.41. The van der Waals surface area contributed by atoms with Gasteiger partial charge in [-0.2, -0.15) is 0 Å². The molecule has 40 heavy (non-hydrogen) atoms. The average Bonchev–Trinajstić information content (AvgIpc) is 2.34. The average molecular weight is 2040 g/mol. The first kappa shape index (κ1) is 118. The molecule has 0 N–H and O–H groups in total. The molecule has 0 atom stereocenters. The summed E-state index contributed by atoms with van der Waals surface area (Å²) in [5.74, 6) is 0. The summed E-state index contributed by atoms with van der Waals surface area (Å²) in [4.78, 5) is 0. The van der Waals surface area contributed by atoms with Gasteiger partial charge in [0.2, 0.25) is 0 Å². The minimum absolute atomic E-state index is 0. The molecular weight excluding hydrogens is 2020 g/mol. The number of rotatable bonds is 0. The van der Waals surface area contributed by atoms with E-state index in [1.165, 1.54) is 38.6 Å². The second-order valence-electron chi connectivity index (χ2n) is 5.75. The molecule has 0 aliphatic heterocycles. The smallest absolute Gasteiger partial charge is 0 e. The van der Waals surface area contributed by atoms with E-state index in [0.717, 1.165) is 16.3 Å². The van der Waals surface area contributed by atoms with Crippen LogP contribution in [0.2, 0.25) is 0 Å². The normalized spacial score (nSPS) is 5.75. The first-order chi connectivity index (χ1) is 9.40. The van der Waals surface area contributed by atoms with Crippen molar-refractivity contribution in [2.45, 2.75) is 41.5 Å². The van der Waals surface area contributed by atoms with E-state index in [9.17, 15) is 0 Å². The largest absolute Gasteiger partial charge is 0.367 e. The Bertz CT molecular complexity index is 891. The van der Waals surface area contributed by atoms with Gasteiger partial charge >= 0.3 is 0 Å². The van der Waals surface area contributed by atoms with Crippen molar-refractivity contribution in [1.29, 1.82) is 0 Å². The Balaban J connectivity index is -0.0000000151. The van der Waals surface area contributed by atoms with Crippen LogP contribution in [0.4, 0.5) is 0 Å². The Morgan fingerprint density at radius 2 is 0.600 bits per heavy atom. The van der Waals surface area contributed by atoms with E-state index in [4.69, 9.17) is 0 Å². The van der Waals surface area contributed by atoms with Crippen molar-refractivity contribution in [3.05, 3.63) is 57.6 Å². The van der Waals surface area contributed by atoms with Crippen molar-refractivity contribution < 1.29 is 654 Å². The van der Waals surface area contributed by atoms with Crippen LogP contribution in [0.1, 0.15) is 33.4 Å². The first-order valence-corrected chi connectivity index (χ1v) is 7.00. The first-order valence-electron chi connectivity index (χ1n) is 7.00. The molecule has 3 rings (SSSR count). The topological polar surface area (TPSA) is 0 Å². The third-order valence-corrected chi connectivity index (χ3v) is 4.38. The second-order valence-corrected chi connectivity index (χ2v) is 5.75. The van der Waals surface area contributed by atoms with Crippen LogP contribution in [0.5, 0.6) is 0 Å². The fraction of sp³-hybridized carbons (Fsp3) is 0.300. The summed E-state index contributed by atoms with van der Waals surface area (Å²) in [5, 5.41) is 4.66. The zero-order valence-corrected chi connectivity index (χ0v) is 81.3. The number of fused-ring (bicyclic) bond motifs is 2. The van der Waals surface area contributed by atoms with Crippen LogP contribution >= 0.6 is 0 Å². The van der Waals surface area contributed by atoms with Crippen molar-refractivity contribution in [3.63, 3.8) is 0 Å². The van der Waals surface area contributed by atoms with Gasteiger partial charge in [-0.05, 0) is 0 Å². The van der Waals surface area contributed by atoms with Gasteiger partial charge < -0.3 is 29.1 Å². The zero-order chi connectivity index (χ0) is 14.6. The molecule has 0 unspecified atom stereocenters. The summed E-state index contributed by atoms with van der Waals surface area (Å²) < 4.78 is 0. The van der Waals surface area contributed by atoms with E-state index in [1.807, 2.05) is 6.92 Å². The minimum Gasteiger partial charge on any atom is -0.367 e. The number of benzene rings is 3. The van der Waals surface area contributed by atoms with Crippen LogP contribution in [0, 0.1) is 65.8 Å². The van der Waals surface area contributed by atoms with Crippen LogP contribution < -0.4 is 0 Å². The van der Waals surface area contributed by atoms with Gasteiger partial charge in [-0.1, -0.05) is 34.6 Å². The molecule has 3 aromatic carbocycles. The number of hydrogen-bond acceptors (Lipinski definition) is 0. The Labute approximate surface area is 749 Å². The molecular formula is C20H18Y20-4. The quantitative estimate of drug-likeness (QED) is 0.220. The van der Waals surface area contributed by atoms with Crippen LogP contribution in [-0.2, 0) is 654 Å². The number of hydrogen-bond donors (Lipinski definition) is 0. The summed E-state index contributed by atoms with van der Waals surface area (Å²) in [7, 11) is 0. The molecule has 0 saturated carbocycles. The van der Waals surface area contributed by atoms with Crippen LogP contribution in [-0.4, -0.2) is 0 Å². The van der Waals surface area contributed by atoms with Gasteiger partial charge in [0.15, 0.2) is 0 Å². The standard InChI is InChI=1S/C20H18.20Y/c1-11-7-13(3)19-16(6)20-15(5)14(4)12(2)9-18(20)10-17(19)8-11;;;;;;;;;;;;;;;;;;;;/h1-6H3;;;;;;;;;;;;;;;;;;;;/q-4;;;;;;;;;;;;;;;;;;;;. The van der Waals surface area contributed by atoms with Crippen LogP contribution in [0.15, 0.2) is 0 Å². The van der Waals surface area contributed by atoms with Gasteiger partial charge in [0, 0.05) is 654 Å². The van der Waals surface area contributed by atoms with Crippen molar-refractivity contribution in [2.75, 3.05) is 0 Å². The van der Waals surface area contributed by atoms with E-state index in [0.29, 0.717) is 0 Å². The van der Waals surface area contributed by atoms with Crippen molar-refractivity contribution in [1.82, 2.24) is 0 Å². The maximum Gasteiger partial charge on any atom is 0 e. The predicted molar refractivity (Wildman–Crippen MR) is 85.2 cm³/mol. The summed E-state index contributed by atoms with van der Waals surface area (Å²) >= 11 is 0. The molecule has 0 aromatic heterocycles. The minimum atomic E-state index is 0. The van der Waals surface area contributed by atoms with E-state index in [-0.39, 0.29) is 654 Å².